The number of aromatic nitrogens is 2. The third-order valence-corrected chi connectivity index (χ3v) is 8.75. The molecule has 0 saturated carbocycles. The zero-order chi connectivity index (χ0) is 30.9. The number of rotatable bonds is 8. The molecule has 9 nitrogen and oxygen atoms in total. The number of hydrogen-bond acceptors (Lipinski definition) is 7. The van der Waals surface area contributed by atoms with Gasteiger partial charge in [-0.25, -0.2) is 35.4 Å². The Morgan fingerprint density at radius 1 is 0.907 bits per heavy atom. The lowest BCUT2D eigenvalue weighted by atomic mass is 10.0. The molecule has 1 fully saturated rings. The molecule has 4 aromatic rings. The van der Waals surface area contributed by atoms with Gasteiger partial charge in [-0.05, 0) is 42.8 Å². The molecule has 1 saturated heterocycles. The van der Waals surface area contributed by atoms with Crippen LogP contribution < -0.4 is 15.8 Å². The number of quaternary nitrogens is 1. The summed E-state index contributed by atoms with van der Waals surface area (Å²) in [7, 11) is -5.11. The Morgan fingerprint density at radius 3 is 2.16 bits per heavy atom. The van der Waals surface area contributed by atoms with Crippen LogP contribution in [0.4, 0.5) is 33.6 Å². The van der Waals surface area contributed by atoms with Crippen molar-refractivity contribution in [1.82, 2.24) is 14.3 Å². The van der Waals surface area contributed by atoms with Gasteiger partial charge in [0.05, 0.1) is 12.3 Å². The van der Waals surface area contributed by atoms with Crippen LogP contribution in [0.5, 0.6) is 11.5 Å². The molecule has 1 atom stereocenters. The molecule has 5 N–H and O–H groups in total. The Balaban J connectivity index is 1.37. The van der Waals surface area contributed by atoms with Gasteiger partial charge in [0, 0.05) is 18.5 Å². The number of nitrogens with zero attached hydrogens (tertiary/aromatic N) is 3. The molecule has 0 aliphatic carbocycles. The molecule has 3 aromatic carbocycles. The Kier molecular flexibility index (Phi) is 8.39. The summed E-state index contributed by atoms with van der Waals surface area (Å²) in [6.45, 7) is -0.553. The summed E-state index contributed by atoms with van der Waals surface area (Å²) in [5.74, 6) is -10.7. The Bertz CT molecular complexity index is 1760. The van der Waals surface area contributed by atoms with E-state index in [9.17, 15) is 30.4 Å². The minimum atomic E-state index is -5.11. The molecule has 0 bridgehead atoms. The SMILES string of the molecule is N=C(c1ccc(Oc2ccccc2)cc1)c1c(N)ncnc1[NH2+]C1CCCN(S(=O)(=O)c2c(F)c(F)c(F)c(F)c2F)C1. The van der Waals surface area contributed by atoms with E-state index >= 15 is 0 Å². The number of para-hydroxylation sites is 1. The molecule has 5 rings (SSSR count). The van der Waals surface area contributed by atoms with E-state index in [2.05, 4.69) is 9.97 Å². The summed E-state index contributed by atoms with van der Waals surface area (Å²) in [5, 5.41) is 10.4. The Labute approximate surface area is 242 Å². The zero-order valence-electron chi connectivity index (χ0n) is 22.2. The van der Waals surface area contributed by atoms with E-state index in [4.69, 9.17) is 15.9 Å². The standard InChI is InChI=1S/C28H23F5N6O3S/c29-20-21(30)23(32)26(24(33)22(20)31)43(40,41)39-12-4-5-16(13-39)38-28-19(27(35)36-14-37-28)25(34)15-8-10-18(11-9-15)42-17-6-2-1-3-7-17/h1-3,6-11,14,16,34H,4-5,12-13H2,(H3,35,36,37,38)/p+1. The van der Waals surface area contributed by atoms with Gasteiger partial charge in [0.15, 0.2) is 28.2 Å². The van der Waals surface area contributed by atoms with E-state index in [0.29, 0.717) is 27.8 Å². The largest absolute Gasteiger partial charge is 0.457 e. The number of ether oxygens (including phenoxy) is 1. The third-order valence-electron chi connectivity index (χ3n) is 6.86. The minimum absolute atomic E-state index is 0.0162. The van der Waals surface area contributed by atoms with E-state index in [1.807, 2.05) is 18.2 Å². The van der Waals surface area contributed by atoms with Crippen LogP contribution >= 0.6 is 0 Å². The van der Waals surface area contributed by atoms with Crippen molar-refractivity contribution in [2.45, 2.75) is 23.8 Å². The zero-order valence-corrected chi connectivity index (χ0v) is 23.0. The van der Waals surface area contributed by atoms with Crippen LogP contribution in [0.3, 0.4) is 0 Å². The molecule has 224 valence electrons. The fraction of sp³-hybridized carbons (Fsp3) is 0.179. The highest BCUT2D eigenvalue weighted by Gasteiger charge is 2.40. The molecule has 43 heavy (non-hydrogen) atoms. The number of nitrogens with one attached hydrogen (secondary N) is 1. The second-order valence-electron chi connectivity index (χ2n) is 9.66. The van der Waals surface area contributed by atoms with E-state index in [0.717, 1.165) is 0 Å². The van der Waals surface area contributed by atoms with Crippen molar-refractivity contribution in [1.29, 1.82) is 5.41 Å². The van der Waals surface area contributed by atoms with Gasteiger partial charge >= 0.3 is 0 Å². The number of hydrogen-bond donors (Lipinski definition) is 3. The van der Waals surface area contributed by atoms with Crippen molar-refractivity contribution >= 4 is 27.4 Å². The number of piperidine rings is 1. The quantitative estimate of drug-likeness (QED) is 0.118. The highest BCUT2D eigenvalue weighted by molar-refractivity contribution is 7.89. The van der Waals surface area contributed by atoms with Gasteiger partial charge in [0.25, 0.3) is 0 Å². The Morgan fingerprint density at radius 2 is 1.51 bits per heavy atom. The van der Waals surface area contributed by atoms with Crippen molar-refractivity contribution in [2.24, 2.45) is 0 Å². The maximum Gasteiger partial charge on any atom is 0.249 e. The fourth-order valence-electron chi connectivity index (χ4n) is 4.75. The van der Waals surface area contributed by atoms with Gasteiger partial charge in [-0.3, -0.25) is 10.7 Å². The number of halogens is 5. The Hall–Kier alpha value is -4.47. The molecule has 2 heterocycles. The lowest BCUT2D eigenvalue weighted by Gasteiger charge is -2.30. The second-order valence-corrected chi connectivity index (χ2v) is 11.5. The topological polar surface area (TPSA) is 139 Å². The minimum Gasteiger partial charge on any atom is -0.457 e. The average molecular weight is 620 g/mol. The summed E-state index contributed by atoms with van der Waals surface area (Å²) in [5.41, 5.74) is 6.71. The lowest BCUT2D eigenvalue weighted by molar-refractivity contribution is -0.616. The van der Waals surface area contributed by atoms with Gasteiger partial charge in [-0.1, -0.05) is 18.2 Å². The predicted molar refractivity (Wildman–Crippen MR) is 145 cm³/mol. The molecular weight excluding hydrogens is 595 g/mol. The molecular formula is C28H24F5N6O3S+. The van der Waals surface area contributed by atoms with Gasteiger partial charge in [-0.2, -0.15) is 9.29 Å². The average Bonchev–Trinajstić information content (AvgIpc) is 3.00. The van der Waals surface area contributed by atoms with E-state index in [-0.39, 0.29) is 42.4 Å². The van der Waals surface area contributed by atoms with Crippen molar-refractivity contribution in [3.05, 3.63) is 101 Å². The van der Waals surface area contributed by atoms with Gasteiger partial charge < -0.3 is 10.5 Å². The number of anilines is 1. The van der Waals surface area contributed by atoms with Gasteiger partial charge in [0.2, 0.25) is 21.7 Å². The van der Waals surface area contributed by atoms with Gasteiger partial charge in [0.1, 0.15) is 35.2 Å². The monoisotopic (exact) mass is 619 g/mol. The van der Waals surface area contributed by atoms with Crippen molar-refractivity contribution in [2.75, 3.05) is 18.8 Å². The summed E-state index contributed by atoms with van der Waals surface area (Å²) in [4.78, 5) is 6.29. The summed E-state index contributed by atoms with van der Waals surface area (Å²) < 4.78 is 102. The number of sulfonamides is 1. The molecule has 1 aromatic heterocycles. The smallest absolute Gasteiger partial charge is 0.249 e. The predicted octanol–water partition coefficient (Wildman–Crippen LogP) is 4.01. The van der Waals surface area contributed by atoms with Crippen LogP contribution in [0.2, 0.25) is 0 Å². The second kappa shape index (κ2) is 12.0. The molecule has 1 aliphatic rings. The summed E-state index contributed by atoms with van der Waals surface area (Å²) >= 11 is 0. The van der Waals surface area contributed by atoms with E-state index in [1.54, 1.807) is 41.7 Å². The van der Waals surface area contributed by atoms with Crippen molar-refractivity contribution in [3.8, 4) is 11.5 Å². The molecule has 0 radical (unpaired) electrons. The number of benzene rings is 3. The van der Waals surface area contributed by atoms with Crippen LogP contribution in [-0.4, -0.2) is 47.5 Å². The first-order valence-electron chi connectivity index (χ1n) is 12.9. The van der Waals surface area contributed by atoms with Gasteiger partial charge in [-0.15, -0.1) is 0 Å². The van der Waals surface area contributed by atoms with Crippen molar-refractivity contribution in [3.63, 3.8) is 0 Å². The molecule has 0 spiro atoms. The third kappa shape index (κ3) is 5.91. The van der Waals surface area contributed by atoms with E-state index in [1.165, 1.54) is 6.33 Å². The number of nitrogen functional groups attached to an aromatic ring is 1. The van der Waals surface area contributed by atoms with Crippen molar-refractivity contribution < 1.29 is 40.4 Å². The first kappa shape index (κ1) is 30.0. The number of nitrogens with two attached hydrogens (primary N) is 2. The summed E-state index contributed by atoms with van der Waals surface area (Å²) in [6, 6.07) is 15.1. The first-order valence-corrected chi connectivity index (χ1v) is 14.3. The van der Waals surface area contributed by atoms with Crippen LogP contribution in [0.15, 0.2) is 65.8 Å². The van der Waals surface area contributed by atoms with Crippen LogP contribution in [0, 0.1) is 34.5 Å². The van der Waals surface area contributed by atoms with E-state index < -0.39 is 50.0 Å². The maximum atomic E-state index is 14.4. The lowest BCUT2D eigenvalue weighted by Crippen LogP contribution is -2.88. The highest BCUT2D eigenvalue weighted by Crippen LogP contribution is 2.30. The highest BCUT2D eigenvalue weighted by atomic mass is 32.2. The maximum absolute atomic E-state index is 14.4. The molecule has 1 unspecified atom stereocenters. The molecule has 0 amide bonds. The fourth-order valence-corrected chi connectivity index (χ4v) is 6.39. The van der Waals surface area contributed by atoms with Crippen LogP contribution in [-0.2, 0) is 10.0 Å². The van der Waals surface area contributed by atoms with Crippen LogP contribution in [0.25, 0.3) is 0 Å². The molecule has 15 heteroatoms. The molecule has 1 aliphatic heterocycles. The van der Waals surface area contributed by atoms with Crippen LogP contribution in [0.1, 0.15) is 24.0 Å². The summed E-state index contributed by atoms with van der Waals surface area (Å²) in [6.07, 6.45) is 1.79. The first-order chi connectivity index (χ1) is 20.5. The normalized spacial score (nSPS) is 15.8.